The fraction of sp³-hybridized carbons (Fsp3) is 0.556. The maximum atomic E-state index is 5.36. The van der Waals surface area contributed by atoms with Crippen LogP contribution in [0.2, 0.25) is 0 Å². The summed E-state index contributed by atoms with van der Waals surface area (Å²) in [6, 6.07) is 0. The van der Waals surface area contributed by atoms with E-state index in [1.807, 2.05) is 18.2 Å². The number of hydrogen-bond donors (Lipinski definition) is 0. The number of allylic oxidation sites excluding steroid dienone is 2. The minimum atomic E-state index is -0.161. The molecule has 0 saturated carbocycles. The minimum absolute atomic E-state index is 0.161. The van der Waals surface area contributed by atoms with Gasteiger partial charge in [-0.25, -0.2) is 0 Å². The number of ether oxygens (including phenoxy) is 2. The molecule has 0 aromatic heterocycles. The highest BCUT2D eigenvalue weighted by Crippen LogP contribution is 2.04. The lowest BCUT2D eigenvalue weighted by Crippen LogP contribution is -2.13. The highest BCUT2D eigenvalue weighted by atomic mass is 16.7. The van der Waals surface area contributed by atoms with Gasteiger partial charge in [-0.2, -0.15) is 0 Å². The first kappa shape index (κ1) is 8.34. The monoisotopic (exact) mass is 154 g/mol. The second-order valence-electron chi connectivity index (χ2n) is 2.44. The summed E-state index contributed by atoms with van der Waals surface area (Å²) in [5.74, 6) is 0. The third-order valence-corrected chi connectivity index (χ3v) is 1.45. The summed E-state index contributed by atoms with van der Waals surface area (Å²) < 4.78 is 10.5. The van der Waals surface area contributed by atoms with Crippen molar-refractivity contribution < 1.29 is 9.47 Å². The van der Waals surface area contributed by atoms with Gasteiger partial charge in [0.25, 0.3) is 0 Å². The van der Waals surface area contributed by atoms with Crippen LogP contribution < -0.4 is 0 Å². The highest BCUT2D eigenvalue weighted by molar-refractivity contribution is 5.05. The maximum absolute atomic E-state index is 5.36. The molecule has 0 aliphatic carbocycles. The summed E-state index contributed by atoms with van der Waals surface area (Å²) in [5, 5.41) is 0. The van der Waals surface area contributed by atoms with Gasteiger partial charge in [0.15, 0.2) is 0 Å². The van der Waals surface area contributed by atoms with Gasteiger partial charge in [0.1, 0.15) is 0 Å². The quantitative estimate of drug-likeness (QED) is 0.578. The van der Waals surface area contributed by atoms with E-state index in [4.69, 9.17) is 9.47 Å². The van der Waals surface area contributed by atoms with Crippen LogP contribution in [0.4, 0.5) is 0 Å². The normalized spacial score (nSPS) is 21.7. The summed E-state index contributed by atoms with van der Waals surface area (Å²) in [4.78, 5) is 0. The molecule has 0 spiro atoms. The first-order valence-electron chi connectivity index (χ1n) is 4.04. The van der Waals surface area contributed by atoms with Crippen LogP contribution >= 0.6 is 0 Å². The van der Waals surface area contributed by atoms with Crippen LogP contribution in [-0.4, -0.2) is 12.9 Å². The smallest absolute Gasteiger partial charge is 0.219 e. The number of unbranched alkanes of at least 4 members (excludes halogenated alkanes) is 1. The minimum Gasteiger partial charge on any atom is -0.469 e. The summed E-state index contributed by atoms with van der Waals surface area (Å²) in [7, 11) is 0. The lowest BCUT2D eigenvalue weighted by molar-refractivity contribution is -0.0747. The Morgan fingerprint density at radius 3 is 3.00 bits per heavy atom. The van der Waals surface area contributed by atoms with Crippen LogP contribution in [0.5, 0.6) is 0 Å². The van der Waals surface area contributed by atoms with Crippen molar-refractivity contribution in [1.82, 2.24) is 0 Å². The molecule has 2 nitrogen and oxygen atoms in total. The van der Waals surface area contributed by atoms with Crippen LogP contribution in [0.1, 0.15) is 19.8 Å². The molecular formula is C9H14O2. The molecular weight excluding hydrogens is 140 g/mol. The fourth-order valence-electron chi connectivity index (χ4n) is 0.807. The molecule has 0 aromatic carbocycles. The second-order valence-corrected chi connectivity index (χ2v) is 2.44. The molecule has 1 aliphatic heterocycles. The third-order valence-electron chi connectivity index (χ3n) is 1.45. The molecule has 62 valence electrons. The largest absolute Gasteiger partial charge is 0.469 e. The Kier molecular flexibility index (Phi) is 3.76. The molecule has 0 fully saturated rings. The predicted octanol–water partition coefficient (Wildman–Crippen LogP) is 2.23. The van der Waals surface area contributed by atoms with Gasteiger partial charge >= 0.3 is 0 Å². The van der Waals surface area contributed by atoms with Crippen LogP contribution in [0.25, 0.3) is 0 Å². The number of rotatable bonds is 4. The van der Waals surface area contributed by atoms with Crippen molar-refractivity contribution in [2.24, 2.45) is 0 Å². The SMILES string of the molecule is CCCCOC1C=CC=CO1. The van der Waals surface area contributed by atoms with Gasteiger partial charge in [-0.15, -0.1) is 0 Å². The Morgan fingerprint density at radius 1 is 1.45 bits per heavy atom. The fourth-order valence-corrected chi connectivity index (χ4v) is 0.807. The highest BCUT2D eigenvalue weighted by Gasteiger charge is 2.03. The molecule has 0 N–H and O–H groups in total. The van der Waals surface area contributed by atoms with E-state index in [2.05, 4.69) is 6.92 Å². The standard InChI is InChI=1S/C9H14O2/c1-2-3-7-10-9-6-4-5-8-11-9/h4-6,8-9H,2-3,7H2,1H3. The van der Waals surface area contributed by atoms with Crippen molar-refractivity contribution in [2.75, 3.05) is 6.61 Å². The lowest BCUT2D eigenvalue weighted by atomic mass is 10.3. The molecule has 11 heavy (non-hydrogen) atoms. The van der Waals surface area contributed by atoms with Crippen LogP contribution in [0.15, 0.2) is 24.5 Å². The zero-order valence-electron chi connectivity index (χ0n) is 6.82. The van der Waals surface area contributed by atoms with E-state index in [0.717, 1.165) is 19.4 Å². The van der Waals surface area contributed by atoms with E-state index in [9.17, 15) is 0 Å². The summed E-state index contributed by atoms with van der Waals surface area (Å²) in [6.45, 7) is 2.92. The van der Waals surface area contributed by atoms with Gasteiger partial charge in [0.05, 0.1) is 12.9 Å². The zero-order valence-corrected chi connectivity index (χ0v) is 6.82. The Bertz CT molecular complexity index is 150. The Balaban J connectivity index is 2.07. The zero-order chi connectivity index (χ0) is 7.94. The average Bonchev–Trinajstić information content (AvgIpc) is 2.07. The van der Waals surface area contributed by atoms with E-state index in [1.165, 1.54) is 0 Å². The van der Waals surface area contributed by atoms with Crippen molar-refractivity contribution in [3.8, 4) is 0 Å². The molecule has 1 heterocycles. The van der Waals surface area contributed by atoms with Gasteiger partial charge in [-0.3, -0.25) is 0 Å². The van der Waals surface area contributed by atoms with Gasteiger partial charge in [0.2, 0.25) is 6.29 Å². The molecule has 0 radical (unpaired) electrons. The molecule has 0 amide bonds. The molecule has 1 rings (SSSR count). The Hall–Kier alpha value is -0.760. The average molecular weight is 154 g/mol. The van der Waals surface area contributed by atoms with Gasteiger partial charge in [-0.1, -0.05) is 19.4 Å². The Labute approximate surface area is 67.5 Å². The second kappa shape index (κ2) is 4.97. The molecule has 1 atom stereocenters. The van der Waals surface area contributed by atoms with Crippen LogP contribution in [-0.2, 0) is 9.47 Å². The van der Waals surface area contributed by atoms with Crippen molar-refractivity contribution in [3.05, 3.63) is 24.5 Å². The molecule has 1 aliphatic rings. The molecule has 0 bridgehead atoms. The summed E-state index contributed by atoms with van der Waals surface area (Å²) in [5.41, 5.74) is 0. The molecule has 0 saturated heterocycles. The third kappa shape index (κ3) is 3.23. The van der Waals surface area contributed by atoms with Crippen molar-refractivity contribution in [3.63, 3.8) is 0 Å². The van der Waals surface area contributed by atoms with Crippen LogP contribution in [0, 0.1) is 0 Å². The van der Waals surface area contributed by atoms with E-state index in [1.54, 1.807) is 6.26 Å². The topological polar surface area (TPSA) is 18.5 Å². The van der Waals surface area contributed by atoms with E-state index in [-0.39, 0.29) is 6.29 Å². The maximum Gasteiger partial charge on any atom is 0.219 e. The first-order valence-corrected chi connectivity index (χ1v) is 4.04. The summed E-state index contributed by atoms with van der Waals surface area (Å²) in [6.07, 6.45) is 9.42. The molecule has 1 unspecified atom stereocenters. The van der Waals surface area contributed by atoms with Crippen molar-refractivity contribution in [1.29, 1.82) is 0 Å². The first-order chi connectivity index (χ1) is 5.43. The van der Waals surface area contributed by atoms with Crippen LogP contribution in [0.3, 0.4) is 0 Å². The van der Waals surface area contributed by atoms with E-state index in [0.29, 0.717) is 0 Å². The summed E-state index contributed by atoms with van der Waals surface area (Å²) >= 11 is 0. The van der Waals surface area contributed by atoms with E-state index >= 15 is 0 Å². The van der Waals surface area contributed by atoms with Crippen molar-refractivity contribution >= 4 is 0 Å². The number of hydrogen-bond acceptors (Lipinski definition) is 2. The predicted molar refractivity (Wildman–Crippen MR) is 44.0 cm³/mol. The molecule has 0 aromatic rings. The van der Waals surface area contributed by atoms with Gasteiger partial charge in [0, 0.05) is 0 Å². The Morgan fingerprint density at radius 2 is 2.36 bits per heavy atom. The van der Waals surface area contributed by atoms with Gasteiger partial charge in [-0.05, 0) is 18.6 Å². The lowest BCUT2D eigenvalue weighted by Gasteiger charge is -2.14. The molecule has 2 heteroatoms. The van der Waals surface area contributed by atoms with Gasteiger partial charge < -0.3 is 9.47 Å². The van der Waals surface area contributed by atoms with E-state index < -0.39 is 0 Å². The van der Waals surface area contributed by atoms with Crippen molar-refractivity contribution in [2.45, 2.75) is 26.1 Å².